The molecule has 0 aliphatic carbocycles. The fourth-order valence-corrected chi connectivity index (χ4v) is 3.68. The van der Waals surface area contributed by atoms with Gasteiger partial charge in [0.25, 0.3) is 0 Å². The van der Waals surface area contributed by atoms with Crippen molar-refractivity contribution >= 4 is 23.2 Å². The summed E-state index contributed by atoms with van der Waals surface area (Å²) in [7, 11) is 3.17. The Hall–Kier alpha value is -2.24. The van der Waals surface area contributed by atoms with Crippen LogP contribution >= 0.6 is 11.6 Å². The third kappa shape index (κ3) is 5.15. The minimum atomic E-state index is -0.0361. The highest BCUT2D eigenvalue weighted by molar-refractivity contribution is 6.30. The molecule has 3 rings (SSSR count). The lowest BCUT2D eigenvalue weighted by atomic mass is 9.96. The number of rotatable bonds is 6. The summed E-state index contributed by atoms with van der Waals surface area (Å²) in [4.78, 5) is 15.1. The predicted octanol–water partition coefficient (Wildman–Crippen LogP) is 4.21. The van der Waals surface area contributed by atoms with Gasteiger partial charge < -0.3 is 14.8 Å². The smallest absolute Gasteiger partial charge is 0.228 e. The fraction of sp³-hybridized carbons (Fsp3) is 0.381. The molecule has 1 atom stereocenters. The number of carbonyl (C=O) groups excluding carboxylic acids is 1. The van der Waals surface area contributed by atoms with E-state index in [1.165, 1.54) is 5.56 Å². The number of hydrogen-bond donors (Lipinski definition) is 1. The van der Waals surface area contributed by atoms with Crippen LogP contribution in [-0.4, -0.2) is 38.1 Å². The van der Waals surface area contributed by atoms with Crippen molar-refractivity contribution < 1.29 is 14.3 Å². The summed E-state index contributed by atoms with van der Waals surface area (Å²) in [5, 5.41) is 3.75. The van der Waals surface area contributed by atoms with Crippen LogP contribution in [0, 0.1) is 5.92 Å². The van der Waals surface area contributed by atoms with Crippen LogP contribution in [0.3, 0.4) is 0 Å². The van der Waals surface area contributed by atoms with Crippen molar-refractivity contribution in [1.82, 2.24) is 4.90 Å². The van der Waals surface area contributed by atoms with Gasteiger partial charge in [-0.1, -0.05) is 23.7 Å². The van der Waals surface area contributed by atoms with E-state index in [0.717, 1.165) is 37.5 Å². The van der Waals surface area contributed by atoms with Crippen LogP contribution in [0.1, 0.15) is 18.4 Å². The Kier molecular flexibility index (Phi) is 6.58. The molecular weight excluding hydrogens is 364 g/mol. The van der Waals surface area contributed by atoms with Crippen LogP contribution in [0.15, 0.2) is 42.5 Å². The maximum absolute atomic E-state index is 12.7. The van der Waals surface area contributed by atoms with Gasteiger partial charge in [0.2, 0.25) is 5.91 Å². The molecule has 1 amide bonds. The molecule has 27 heavy (non-hydrogen) atoms. The molecule has 1 saturated heterocycles. The van der Waals surface area contributed by atoms with Crippen molar-refractivity contribution in [3.8, 4) is 11.5 Å². The van der Waals surface area contributed by atoms with Gasteiger partial charge >= 0.3 is 0 Å². The van der Waals surface area contributed by atoms with Crippen LogP contribution in [0.4, 0.5) is 5.69 Å². The van der Waals surface area contributed by atoms with Crippen molar-refractivity contribution in [2.24, 2.45) is 5.92 Å². The monoisotopic (exact) mass is 388 g/mol. The maximum atomic E-state index is 12.7. The van der Waals surface area contributed by atoms with E-state index in [1.54, 1.807) is 26.4 Å². The minimum Gasteiger partial charge on any atom is -0.493 e. The van der Waals surface area contributed by atoms with Gasteiger partial charge in [-0.2, -0.15) is 0 Å². The lowest BCUT2D eigenvalue weighted by molar-refractivity contribution is -0.121. The zero-order valence-corrected chi connectivity index (χ0v) is 16.5. The highest BCUT2D eigenvalue weighted by Gasteiger charge is 2.26. The Balaban J connectivity index is 1.61. The normalized spacial score (nSPS) is 17.4. The van der Waals surface area contributed by atoms with Gasteiger partial charge in [-0.05, 0) is 49.2 Å². The Labute approximate surface area is 165 Å². The Bertz CT molecular complexity index is 797. The number of nitrogens with one attached hydrogen (secondary N) is 1. The number of benzene rings is 2. The number of carbonyl (C=O) groups is 1. The molecule has 1 fully saturated rings. The number of methoxy groups -OCH3 is 2. The summed E-state index contributed by atoms with van der Waals surface area (Å²) < 4.78 is 10.5. The van der Waals surface area contributed by atoms with E-state index >= 15 is 0 Å². The van der Waals surface area contributed by atoms with Crippen LogP contribution in [-0.2, 0) is 11.3 Å². The van der Waals surface area contributed by atoms with Crippen molar-refractivity contribution in [3.63, 3.8) is 0 Å². The Morgan fingerprint density at radius 1 is 1.19 bits per heavy atom. The molecule has 0 aromatic heterocycles. The SMILES string of the molecule is COc1ccc(NC(=O)C2CCCN(Cc3cccc(Cl)c3)C2)cc1OC. The molecule has 2 aromatic carbocycles. The summed E-state index contributed by atoms with van der Waals surface area (Å²) in [6.07, 6.45) is 1.90. The predicted molar refractivity (Wildman–Crippen MR) is 108 cm³/mol. The van der Waals surface area contributed by atoms with Crippen LogP contribution in [0.5, 0.6) is 11.5 Å². The van der Waals surface area contributed by atoms with E-state index in [1.807, 2.05) is 24.3 Å². The largest absolute Gasteiger partial charge is 0.493 e. The van der Waals surface area contributed by atoms with Gasteiger partial charge in [-0.15, -0.1) is 0 Å². The van der Waals surface area contributed by atoms with Crippen LogP contribution < -0.4 is 14.8 Å². The molecule has 0 radical (unpaired) electrons. The topological polar surface area (TPSA) is 50.8 Å². The molecule has 0 bridgehead atoms. The van der Waals surface area contributed by atoms with E-state index in [4.69, 9.17) is 21.1 Å². The van der Waals surface area contributed by atoms with Gasteiger partial charge in [0.1, 0.15) is 0 Å². The highest BCUT2D eigenvalue weighted by atomic mass is 35.5. The standard InChI is InChI=1S/C21H25ClN2O3/c1-26-19-9-8-18(12-20(19)27-2)23-21(25)16-6-4-10-24(14-16)13-15-5-3-7-17(22)11-15/h3,5,7-9,11-12,16H,4,6,10,13-14H2,1-2H3,(H,23,25). The molecule has 0 spiro atoms. The van der Waals surface area contributed by atoms with Gasteiger partial charge in [0, 0.05) is 29.9 Å². The van der Waals surface area contributed by atoms with E-state index in [-0.39, 0.29) is 11.8 Å². The maximum Gasteiger partial charge on any atom is 0.228 e. The van der Waals surface area contributed by atoms with Crippen molar-refractivity contribution in [1.29, 1.82) is 0 Å². The number of amides is 1. The van der Waals surface area contributed by atoms with Gasteiger partial charge in [0.05, 0.1) is 20.1 Å². The first-order valence-corrected chi connectivity index (χ1v) is 9.46. The number of nitrogens with zero attached hydrogens (tertiary/aromatic N) is 1. The van der Waals surface area contributed by atoms with Crippen LogP contribution in [0.25, 0.3) is 0 Å². The Morgan fingerprint density at radius 3 is 2.74 bits per heavy atom. The van der Waals surface area contributed by atoms with Crippen molar-refractivity contribution in [2.75, 3.05) is 32.6 Å². The summed E-state index contributed by atoms with van der Waals surface area (Å²) in [6, 6.07) is 13.3. The van der Waals surface area contributed by atoms with Crippen LogP contribution in [0.2, 0.25) is 5.02 Å². The second kappa shape index (κ2) is 9.11. The molecule has 1 unspecified atom stereocenters. The van der Waals surface area contributed by atoms with E-state index in [0.29, 0.717) is 17.2 Å². The molecule has 2 aromatic rings. The Morgan fingerprint density at radius 2 is 2.00 bits per heavy atom. The number of ether oxygens (including phenoxy) is 2. The van der Waals surface area contributed by atoms with Gasteiger partial charge in [-0.25, -0.2) is 0 Å². The molecule has 1 N–H and O–H groups in total. The molecule has 1 aliphatic rings. The second-order valence-electron chi connectivity index (χ2n) is 6.76. The van der Waals surface area contributed by atoms with E-state index in [9.17, 15) is 4.79 Å². The lowest BCUT2D eigenvalue weighted by Crippen LogP contribution is -2.40. The van der Waals surface area contributed by atoms with Crippen molar-refractivity contribution in [2.45, 2.75) is 19.4 Å². The fourth-order valence-electron chi connectivity index (χ4n) is 3.46. The highest BCUT2D eigenvalue weighted by Crippen LogP contribution is 2.30. The molecule has 1 heterocycles. The first-order valence-electron chi connectivity index (χ1n) is 9.08. The minimum absolute atomic E-state index is 0.0361. The summed E-state index contributed by atoms with van der Waals surface area (Å²) >= 11 is 6.08. The molecule has 6 heteroatoms. The zero-order valence-electron chi connectivity index (χ0n) is 15.7. The second-order valence-corrected chi connectivity index (χ2v) is 7.20. The first-order chi connectivity index (χ1) is 13.1. The quantitative estimate of drug-likeness (QED) is 0.805. The average Bonchev–Trinajstić information content (AvgIpc) is 2.68. The van der Waals surface area contributed by atoms with Crippen molar-refractivity contribution in [3.05, 3.63) is 53.1 Å². The molecule has 144 valence electrons. The third-order valence-electron chi connectivity index (χ3n) is 4.82. The molecular formula is C21H25ClN2O3. The number of anilines is 1. The summed E-state index contributed by atoms with van der Waals surface area (Å²) in [6.45, 7) is 2.54. The lowest BCUT2D eigenvalue weighted by Gasteiger charge is -2.32. The number of halogens is 1. The first kappa shape index (κ1) is 19.5. The average molecular weight is 389 g/mol. The molecule has 5 nitrogen and oxygen atoms in total. The van der Waals surface area contributed by atoms with E-state index < -0.39 is 0 Å². The van der Waals surface area contributed by atoms with Gasteiger partial charge in [0.15, 0.2) is 11.5 Å². The number of hydrogen-bond acceptors (Lipinski definition) is 4. The number of piperidine rings is 1. The number of likely N-dealkylation sites (tertiary alicyclic amines) is 1. The van der Waals surface area contributed by atoms with Gasteiger partial charge in [-0.3, -0.25) is 9.69 Å². The third-order valence-corrected chi connectivity index (χ3v) is 5.06. The van der Waals surface area contributed by atoms with E-state index in [2.05, 4.69) is 16.3 Å². The zero-order chi connectivity index (χ0) is 19.2. The summed E-state index contributed by atoms with van der Waals surface area (Å²) in [5.74, 6) is 1.24. The molecule has 0 saturated carbocycles. The molecule has 1 aliphatic heterocycles. The summed E-state index contributed by atoms with van der Waals surface area (Å²) in [5.41, 5.74) is 1.88.